The molecule has 0 spiro atoms. The first kappa shape index (κ1) is 10.6. The van der Waals surface area contributed by atoms with Gasteiger partial charge in [0.15, 0.2) is 0 Å². The van der Waals surface area contributed by atoms with E-state index >= 15 is 0 Å². The van der Waals surface area contributed by atoms with Crippen LogP contribution in [0.15, 0.2) is 18.2 Å². The van der Waals surface area contributed by atoms with Crippen LogP contribution in [0.5, 0.6) is 0 Å². The van der Waals surface area contributed by atoms with Crippen LogP contribution in [0.1, 0.15) is 21.5 Å². The van der Waals surface area contributed by atoms with Gasteiger partial charge in [0.25, 0.3) is 11.8 Å². The van der Waals surface area contributed by atoms with Crippen molar-refractivity contribution < 1.29 is 14.7 Å². The highest BCUT2D eigenvalue weighted by Crippen LogP contribution is 2.23. The number of carbonyl (C=O) groups excluding carboxylic acids is 2. The maximum absolute atomic E-state index is 11.9. The fourth-order valence-corrected chi connectivity index (χ4v) is 1.82. The number of aryl methyl sites for hydroxylation is 1. The molecule has 1 heterocycles. The van der Waals surface area contributed by atoms with Crippen molar-refractivity contribution >= 4 is 11.8 Å². The van der Waals surface area contributed by atoms with Crippen LogP contribution in [0.3, 0.4) is 0 Å². The average Bonchev–Trinajstić information content (AvgIpc) is 2.57. The normalized spacial score (nSPS) is 13.9. The second-order valence-corrected chi connectivity index (χ2v) is 3.69. The molecule has 1 aliphatic heterocycles. The molecule has 0 fully saturated rings. The number of nitrogens with one attached hydrogen (secondary N) is 1. The maximum atomic E-state index is 11.9. The van der Waals surface area contributed by atoms with Crippen LogP contribution in [0.4, 0.5) is 0 Å². The predicted molar refractivity (Wildman–Crippen MR) is 56.3 cm³/mol. The largest absolute Gasteiger partial charge is 0.386 e. The molecule has 16 heavy (non-hydrogen) atoms. The number of hydrazine groups is 1. The number of aliphatic hydroxyl groups is 1. The van der Waals surface area contributed by atoms with Crippen molar-refractivity contribution in [1.82, 2.24) is 10.4 Å². The molecule has 2 rings (SSSR count). The Labute approximate surface area is 92.6 Å². The Morgan fingerprint density at radius 3 is 2.94 bits per heavy atom. The second-order valence-electron chi connectivity index (χ2n) is 3.69. The summed E-state index contributed by atoms with van der Waals surface area (Å²) in [6.45, 7) is 1.58. The number of carbonyl (C=O) groups is 2. The summed E-state index contributed by atoms with van der Waals surface area (Å²) >= 11 is 0. The first-order valence-electron chi connectivity index (χ1n) is 4.94. The summed E-state index contributed by atoms with van der Waals surface area (Å²) in [5.74, 6) is -0.811. The van der Waals surface area contributed by atoms with Gasteiger partial charge in [0.05, 0.1) is 6.54 Å². The van der Waals surface area contributed by atoms with Crippen molar-refractivity contribution in [3.8, 4) is 0 Å². The molecule has 5 heteroatoms. The van der Waals surface area contributed by atoms with Gasteiger partial charge in [-0.1, -0.05) is 18.2 Å². The third-order valence-corrected chi connectivity index (χ3v) is 2.55. The number of hydrogen-bond donors (Lipinski definition) is 2. The minimum Gasteiger partial charge on any atom is -0.386 e. The van der Waals surface area contributed by atoms with Gasteiger partial charge in [-0.3, -0.25) is 15.0 Å². The third kappa shape index (κ3) is 1.65. The van der Waals surface area contributed by atoms with Crippen molar-refractivity contribution in [1.29, 1.82) is 0 Å². The van der Waals surface area contributed by atoms with E-state index in [1.807, 2.05) is 25.1 Å². The van der Waals surface area contributed by atoms with Crippen LogP contribution >= 0.6 is 0 Å². The lowest BCUT2D eigenvalue weighted by molar-refractivity contribution is -0.127. The van der Waals surface area contributed by atoms with Gasteiger partial charge in [0, 0.05) is 5.56 Å². The third-order valence-electron chi connectivity index (χ3n) is 2.55. The summed E-state index contributed by atoms with van der Waals surface area (Å²) in [4.78, 5) is 22.9. The summed E-state index contributed by atoms with van der Waals surface area (Å²) in [6.07, 6.45) is 0. The molecule has 2 N–H and O–H groups in total. The van der Waals surface area contributed by atoms with E-state index in [4.69, 9.17) is 5.11 Å². The molecule has 0 bridgehead atoms. The lowest BCUT2D eigenvalue weighted by atomic mass is 10.0. The fraction of sp³-hybridized carbons (Fsp3) is 0.273. The molecule has 0 aliphatic carbocycles. The molecule has 0 atom stereocenters. The molecule has 0 saturated heterocycles. The van der Waals surface area contributed by atoms with Crippen LogP contribution in [0.2, 0.25) is 0 Å². The van der Waals surface area contributed by atoms with Crippen LogP contribution in [0.25, 0.3) is 0 Å². The van der Waals surface area contributed by atoms with Gasteiger partial charge in [0.2, 0.25) is 0 Å². The van der Waals surface area contributed by atoms with E-state index in [0.29, 0.717) is 12.1 Å². The first-order valence-corrected chi connectivity index (χ1v) is 4.94. The highest BCUT2D eigenvalue weighted by atomic mass is 16.3. The molecular formula is C11H12N2O3. The predicted octanol–water partition coefficient (Wildman–Crippen LogP) is -0.0257. The molecule has 0 saturated carbocycles. The summed E-state index contributed by atoms with van der Waals surface area (Å²) in [7, 11) is 0. The number of rotatable bonds is 2. The summed E-state index contributed by atoms with van der Waals surface area (Å²) in [5.41, 5.74) is 4.77. The first-order chi connectivity index (χ1) is 7.63. The summed E-state index contributed by atoms with van der Waals surface area (Å²) in [6, 6.07) is 5.58. The Balaban J connectivity index is 2.25. The molecule has 1 aliphatic rings. The SMILES string of the molecule is Cc1cccc2c1C(=O)N(NC(=O)CO)C2. The van der Waals surface area contributed by atoms with Crippen LogP contribution in [-0.2, 0) is 11.3 Å². The van der Waals surface area contributed by atoms with Gasteiger partial charge in [0.1, 0.15) is 6.61 Å². The van der Waals surface area contributed by atoms with Gasteiger partial charge >= 0.3 is 0 Å². The second kappa shape index (κ2) is 3.94. The Bertz CT molecular complexity index is 457. The number of aliphatic hydroxyl groups excluding tert-OH is 1. The molecule has 2 amide bonds. The van der Waals surface area contributed by atoms with Crippen molar-refractivity contribution in [3.63, 3.8) is 0 Å². The summed E-state index contributed by atoms with van der Waals surface area (Å²) in [5, 5.41) is 9.82. The molecule has 0 unspecified atom stereocenters. The molecule has 84 valence electrons. The molecule has 1 aromatic carbocycles. The average molecular weight is 220 g/mol. The number of nitrogens with zero attached hydrogens (tertiary/aromatic N) is 1. The van der Waals surface area contributed by atoms with E-state index in [0.717, 1.165) is 11.1 Å². The zero-order valence-corrected chi connectivity index (χ0v) is 8.86. The van der Waals surface area contributed by atoms with E-state index < -0.39 is 12.5 Å². The zero-order valence-electron chi connectivity index (χ0n) is 8.86. The van der Waals surface area contributed by atoms with Gasteiger partial charge < -0.3 is 5.11 Å². The Morgan fingerprint density at radius 2 is 2.31 bits per heavy atom. The van der Waals surface area contributed by atoms with E-state index in [1.165, 1.54) is 5.01 Å². The minimum atomic E-state index is -0.626. The number of amides is 2. The van der Waals surface area contributed by atoms with Crippen LogP contribution < -0.4 is 5.43 Å². The van der Waals surface area contributed by atoms with E-state index in [9.17, 15) is 9.59 Å². The van der Waals surface area contributed by atoms with Gasteiger partial charge in [-0.15, -0.1) is 0 Å². The van der Waals surface area contributed by atoms with E-state index in [-0.39, 0.29) is 5.91 Å². The Morgan fingerprint density at radius 1 is 1.56 bits per heavy atom. The lowest BCUT2D eigenvalue weighted by Crippen LogP contribution is -2.43. The van der Waals surface area contributed by atoms with Gasteiger partial charge in [-0.25, -0.2) is 5.01 Å². The van der Waals surface area contributed by atoms with Crippen LogP contribution in [0, 0.1) is 6.92 Å². The van der Waals surface area contributed by atoms with Gasteiger partial charge in [-0.2, -0.15) is 0 Å². The van der Waals surface area contributed by atoms with Gasteiger partial charge in [-0.05, 0) is 18.1 Å². The Hall–Kier alpha value is -1.88. The molecular weight excluding hydrogens is 208 g/mol. The lowest BCUT2D eigenvalue weighted by Gasteiger charge is -2.15. The Kier molecular flexibility index (Phi) is 2.62. The van der Waals surface area contributed by atoms with Crippen LogP contribution in [-0.4, -0.2) is 28.5 Å². The maximum Gasteiger partial charge on any atom is 0.273 e. The molecule has 0 radical (unpaired) electrons. The monoisotopic (exact) mass is 220 g/mol. The summed E-state index contributed by atoms with van der Waals surface area (Å²) < 4.78 is 0. The van der Waals surface area contributed by atoms with Crippen molar-refractivity contribution in [2.45, 2.75) is 13.5 Å². The molecule has 0 aromatic heterocycles. The highest BCUT2D eigenvalue weighted by molar-refractivity contribution is 6.00. The number of hydrogen-bond acceptors (Lipinski definition) is 3. The van der Waals surface area contributed by atoms with E-state index in [1.54, 1.807) is 0 Å². The standard InChI is InChI=1S/C11H12N2O3/c1-7-3-2-4-8-5-13(11(16)10(7)8)12-9(15)6-14/h2-4,14H,5-6H2,1H3,(H,12,15). The number of fused-ring (bicyclic) bond motifs is 1. The van der Waals surface area contributed by atoms with E-state index in [2.05, 4.69) is 5.43 Å². The molecule has 1 aromatic rings. The van der Waals surface area contributed by atoms with Crippen molar-refractivity contribution in [2.24, 2.45) is 0 Å². The topological polar surface area (TPSA) is 69.6 Å². The van der Waals surface area contributed by atoms with Crippen molar-refractivity contribution in [2.75, 3.05) is 6.61 Å². The smallest absolute Gasteiger partial charge is 0.273 e. The van der Waals surface area contributed by atoms with Crippen molar-refractivity contribution in [3.05, 3.63) is 34.9 Å². The minimum absolute atomic E-state index is 0.227. The molecule has 5 nitrogen and oxygen atoms in total. The highest BCUT2D eigenvalue weighted by Gasteiger charge is 2.29. The zero-order chi connectivity index (χ0) is 11.7. The quantitative estimate of drug-likeness (QED) is 0.735. The fourth-order valence-electron chi connectivity index (χ4n) is 1.82. The number of benzene rings is 1.